The molecule has 2 aromatic rings. The van der Waals surface area contributed by atoms with Gasteiger partial charge in [-0.3, -0.25) is 4.90 Å². The lowest BCUT2D eigenvalue weighted by molar-refractivity contribution is 0.137. The van der Waals surface area contributed by atoms with Gasteiger partial charge < -0.3 is 5.11 Å². The smallest absolute Gasteiger partial charge is 0.0802 e. The van der Waals surface area contributed by atoms with E-state index < -0.39 is 0 Å². The fraction of sp³-hybridized carbons (Fsp3) is 0.444. The maximum Gasteiger partial charge on any atom is 0.0802 e. The maximum absolute atomic E-state index is 10.4. The number of aliphatic hydroxyl groups excluding tert-OH is 1. The fourth-order valence-electron chi connectivity index (χ4n) is 3.17. The van der Waals surface area contributed by atoms with Crippen molar-refractivity contribution in [2.24, 2.45) is 0 Å². The molecule has 1 atom stereocenters. The van der Waals surface area contributed by atoms with E-state index in [0.29, 0.717) is 0 Å². The van der Waals surface area contributed by atoms with Crippen molar-refractivity contribution in [2.75, 3.05) is 13.1 Å². The summed E-state index contributed by atoms with van der Waals surface area (Å²) in [6.45, 7) is 7.30. The van der Waals surface area contributed by atoms with E-state index >= 15 is 0 Å². The van der Waals surface area contributed by atoms with E-state index in [2.05, 4.69) is 48.4 Å². The molecule has 0 saturated carbocycles. The first-order valence-corrected chi connectivity index (χ1v) is 8.53. The van der Waals surface area contributed by atoms with E-state index in [-0.39, 0.29) is 6.10 Å². The number of rotatable bonds is 4. The van der Waals surface area contributed by atoms with Crippen molar-refractivity contribution in [3.63, 3.8) is 0 Å². The van der Waals surface area contributed by atoms with Gasteiger partial charge in [0.05, 0.1) is 6.10 Å². The van der Waals surface area contributed by atoms with Gasteiger partial charge >= 0.3 is 0 Å². The molecule has 0 amide bonds. The molecule has 1 aliphatic heterocycles. The van der Waals surface area contributed by atoms with Crippen LogP contribution in [-0.4, -0.2) is 23.1 Å². The van der Waals surface area contributed by atoms with Crippen LogP contribution >= 0.6 is 11.3 Å². The summed E-state index contributed by atoms with van der Waals surface area (Å²) in [5.74, 6) is 0. The molecule has 3 rings (SSSR count). The molecule has 1 aromatic heterocycles. The van der Waals surface area contributed by atoms with Crippen LogP contribution in [0.4, 0.5) is 0 Å². The Labute approximate surface area is 131 Å². The van der Waals surface area contributed by atoms with Gasteiger partial charge in [0.1, 0.15) is 0 Å². The molecule has 1 aromatic carbocycles. The molecule has 1 N–H and O–H groups in total. The fourth-order valence-corrected chi connectivity index (χ4v) is 4.06. The average molecular weight is 301 g/mol. The first-order valence-electron chi connectivity index (χ1n) is 7.65. The van der Waals surface area contributed by atoms with E-state index in [4.69, 9.17) is 0 Å². The molecule has 0 saturated heterocycles. The number of fused-ring (bicyclic) bond motifs is 1. The summed E-state index contributed by atoms with van der Waals surface area (Å²) >= 11 is 1.88. The van der Waals surface area contributed by atoms with Crippen LogP contribution in [-0.2, 0) is 13.0 Å². The summed E-state index contributed by atoms with van der Waals surface area (Å²) in [7, 11) is 0. The minimum Gasteiger partial charge on any atom is -0.388 e. The highest BCUT2D eigenvalue weighted by Gasteiger charge is 2.18. The first-order chi connectivity index (χ1) is 10.1. The van der Waals surface area contributed by atoms with Crippen molar-refractivity contribution in [2.45, 2.75) is 39.3 Å². The van der Waals surface area contributed by atoms with Crippen molar-refractivity contribution in [3.05, 3.63) is 56.8 Å². The van der Waals surface area contributed by atoms with Crippen molar-refractivity contribution in [1.29, 1.82) is 0 Å². The van der Waals surface area contributed by atoms with Crippen molar-refractivity contribution >= 4 is 11.3 Å². The van der Waals surface area contributed by atoms with Gasteiger partial charge in [0.25, 0.3) is 0 Å². The Morgan fingerprint density at radius 3 is 2.76 bits per heavy atom. The van der Waals surface area contributed by atoms with Gasteiger partial charge in [-0.15, -0.1) is 11.3 Å². The zero-order valence-corrected chi connectivity index (χ0v) is 13.6. The van der Waals surface area contributed by atoms with Crippen molar-refractivity contribution in [3.8, 4) is 0 Å². The number of hydrogen-bond donors (Lipinski definition) is 1. The molecule has 112 valence electrons. The lowest BCUT2D eigenvalue weighted by Crippen LogP contribution is -2.31. The molecular weight excluding hydrogens is 278 g/mol. The Bertz CT molecular complexity index is 599. The molecule has 1 aliphatic rings. The maximum atomic E-state index is 10.4. The van der Waals surface area contributed by atoms with Crippen molar-refractivity contribution < 1.29 is 5.11 Å². The van der Waals surface area contributed by atoms with Crippen LogP contribution in [0.5, 0.6) is 0 Å². The third-order valence-electron chi connectivity index (χ3n) is 4.23. The van der Waals surface area contributed by atoms with E-state index in [1.807, 2.05) is 11.3 Å². The van der Waals surface area contributed by atoms with Crippen LogP contribution in [0.1, 0.15) is 39.7 Å². The van der Waals surface area contributed by atoms with Crippen LogP contribution in [0, 0.1) is 13.8 Å². The van der Waals surface area contributed by atoms with Crippen LogP contribution in [0.2, 0.25) is 0 Å². The predicted molar refractivity (Wildman–Crippen MR) is 88.8 cm³/mol. The Morgan fingerprint density at radius 1 is 1.24 bits per heavy atom. The molecule has 0 spiro atoms. The van der Waals surface area contributed by atoms with Crippen molar-refractivity contribution in [1.82, 2.24) is 4.90 Å². The monoisotopic (exact) mass is 301 g/mol. The van der Waals surface area contributed by atoms with E-state index in [1.165, 1.54) is 16.7 Å². The Kier molecular flexibility index (Phi) is 4.43. The summed E-state index contributed by atoms with van der Waals surface area (Å²) in [5, 5.41) is 12.6. The van der Waals surface area contributed by atoms with Gasteiger partial charge in [-0.25, -0.2) is 0 Å². The molecule has 21 heavy (non-hydrogen) atoms. The lowest BCUT2D eigenvalue weighted by atomic mass is 10.0. The van der Waals surface area contributed by atoms with E-state index in [9.17, 15) is 5.11 Å². The Hall–Kier alpha value is -1.16. The molecule has 1 unspecified atom stereocenters. The van der Waals surface area contributed by atoms with Gasteiger partial charge in [0.2, 0.25) is 0 Å². The second-order valence-electron chi connectivity index (χ2n) is 6.12. The van der Waals surface area contributed by atoms with Gasteiger partial charge in [0, 0.05) is 24.5 Å². The number of aryl methyl sites for hydroxylation is 2. The molecule has 0 bridgehead atoms. The molecule has 0 fully saturated rings. The Morgan fingerprint density at radius 2 is 2.00 bits per heavy atom. The average Bonchev–Trinajstić information content (AvgIpc) is 2.91. The number of nitrogens with zero attached hydrogens (tertiary/aromatic N) is 1. The number of hydrogen-bond acceptors (Lipinski definition) is 3. The second kappa shape index (κ2) is 6.30. The molecule has 0 radical (unpaired) electrons. The standard InChI is InChI=1S/C18H23NOS/c1-13-9-14(2)11-16(10-13)17(20)3-6-19-7-4-18-15(12-19)5-8-21-18/h5,8-11,17,20H,3-4,6-7,12H2,1-2H3. The summed E-state index contributed by atoms with van der Waals surface area (Å²) in [5.41, 5.74) is 4.99. The minimum atomic E-state index is -0.354. The zero-order valence-electron chi connectivity index (χ0n) is 12.8. The summed E-state index contributed by atoms with van der Waals surface area (Å²) in [6, 6.07) is 8.60. The van der Waals surface area contributed by atoms with Gasteiger partial charge in [-0.1, -0.05) is 29.3 Å². The summed E-state index contributed by atoms with van der Waals surface area (Å²) < 4.78 is 0. The largest absolute Gasteiger partial charge is 0.388 e. The third kappa shape index (κ3) is 3.54. The predicted octanol–water partition coefficient (Wildman–Crippen LogP) is 3.85. The quantitative estimate of drug-likeness (QED) is 0.927. The summed E-state index contributed by atoms with van der Waals surface area (Å²) in [6.07, 6.45) is 1.61. The highest BCUT2D eigenvalue weighted by molar-refractivity contribution is 7.10. The molecular formula is C18H23NOS. The molecule has 2 nitrogen and oxygen atoms in total. The normalized spacial score (nSPS) is 16.7. The molecule has 0 aliphatic carbocycles. The van der Waals surface area contributed by atoms with E-state index in [0.717, 1.165) is 38.0 Å². The van der Waals surface area contributed by atoms with Crippen LogP contribution < -0.4 is 0 Å². The lowest BCUT2D eigenvalue weighted by Gasteiger charge is -2.27. The molecule has 3 heteroatoms. The first kappa shape index (κ1) is 14.8. The topological polar surface area (TPSA) is 23.5 Å². The van der Waals surface area contributed by atoms with Gasteiger partial charge in [0.15, 0.2) is 0 Å². The summed E-state index contributed by atoms with van der Waals surface area (Å²) in [4.78, 5) is 4.00. The van der Waals surface area contributed by atoms with Crippen LogP contribution in [0.15, 0.2) is 29.6 Å². The van der Waals surface area contributed by atoms with E-state index in [1.54, 1.807) is 4.88 Å². The SMILES string of the molecule is Cc1cc(C)cc(C(O)CCN2CCc3sccc3C2)c1. The number of thiophene rings is 1. The number of benzene rings is 1. The number of aliphatic hydroxyl groups is 1. The zero-order chi connectivity index (χ0) is 14.8. The molecule has 2 heterocycles. The highest BCUT2D eigenvalue weighted by atomic mass is 32.1. The Balaban J connectivity index is 1.58. The minimum absolute atomic E-state index is 0.354. The third-order valence-corrected chi connectivity index (χ3v) is 5.26. The van der Waals surface area contributed by atoms with Crippen LogP contribution in [0.25, 0.3) is 0 Å². The highest BCUT2D eigenvalue weighted by Crippen LogP contribution is 2.25. The van der Waals surface area contributed by atoms with Crippen LogP contribution in [0.3, 0.4) is 0 Å². The second-order valence-corrected chi connectivity index (χ2v) is 7.12. The van der Waals surface area contributed by atoms with Gasteiger partial charge in [-0.05, 0) is 49.3 Å². The van der Waals surface area contributed by atoms with Gasteiger partial charge in [-0.2, -0.15) is 0 Å².